The monoisotopic (exact) mass is 255 g/mol. The van der Waals surface area contributed by atoms with Crippen LogP contribution in [0, 0.1) is 0 Å². The smallest absolute Gasteiger partial charge is 0.122 e. The average Bonchev–Trinajstić information content (AvgIpc) is 2.92. The van der Waals surface area contributed by atoms with Gasteiger partial charge in [0.25, 0.3) is 0 Å². The standard InChI is InChI=1S/C15H13NOS/c1-15(17,14-7-4-8-18-14)12-9-11-5-2-3-6-13(11)16-10-12/h2-10,17H,1H3. The number of rotatable bonds is 2. The van der Waals surface area contributed by atoms with E-state index in [0.29, 0.717) is 0 Å². The van der Waals surface area contributed by atoms with Crippen LogP contribution in [-0.4, -0.2) is 10.1 Å². The van der Waals surface area contributed by atoms with E-state index in [1.807, 2.05) is 54.8 Å². The topological polar surface area (TPSA) is 33.1 Å². The molecule has 0 radical (unpaired) electrons. The van der Waals surface area contributed by atoms with E-state index < -0.39 is 5.60 Å². The number of thiophene rings is 1. The number of pyridine rings is 1. The van der Waals surface area contributed by atoms with Crippen LogP contribution in [0.3, 0.4) is 0 Å². The summed E-state index contributed by atoms with van der Waals surface area (Å²) in [4.78, 5) is 5.33. The Bertz CT molecular complexity index is 674. The van der Waals surface area contributed by atoms with Gasteiger partial charge in [0.15, 0.2) is 0 Å². The minimum absolute atomic E-state index is 0.823. The molecule has 1 N–H and O–H groups in total. The van der Waals surface area contributed by atoms with E-state index in [2.05, 4.69) is 4.98 Å². The third-order valence-corrected chi connectivity index (χ3v) is 4.23. The Morgan fingerprint density at radius 1 is 1.17 bits per heavy atom. The van der Waals surface area contributed by atoms with Gasteiger partial charge in [-0.15, -0.1) is 11.3 Å². The molecule has 3 rings (SSSR count). The highest BCUT2D eigenvalue weighted by molar-refractivity contribution is 7.10. The highest BCUT2D eigenvalue weighted by atomic mass is 32.1. The molecule has 0 saturated carbocycles. The van der Waals surface area contributed by atoms with Gasteiger partial charge in [0.1, 0.15) is 5.60 Å². The van der Waals surface area contributed by atoms with E-state index in [0.717, 1.165) is 21.3 Å². The molecule has 3 aromatic rings. The van der Waals surface area contributed by atoms with Crippen molar-refractivity contribution in [2.24, 2.45) is 0 Å². The maximum atomic E-state index is 10.7. The lowest BCUT2D eigenvalue weighted by molar-refractivity contribution is 0.106. The van der Waals surface area contributed by atoms with Crippen LogP contribution in [0.1, 0.15) is 17.4 Å². The molecule has 3 heteroatoms. The zero-order chi connectivity index (χ0) is 12.6. The molecule has 0 spiro atoms. The number of para-hydroxylation sites is 1. The number of aromatic nitrogens is 1. The van der Waals surface area contributed by atoms with Gasteiger partial charge in [-0.1, -0.05) is 24.3 Å². The van der Waals surface area contributed by atoms with Gasteiger partial charge in [-0.2, -0.15) is 0 Å². The van der Waals surface area contributed by atoms with Crippen molar-refractivity contribution in [3.05, 3.63) is 64.5 Å². The molecule has 0 aliphatic heterocycles. The van der Waals surface area contributed by atoms with Crippen molar-refractivity contribution in [3.8, 4) is 0 Å². The summed E-state index contributed by atoms with van der Waals surface area (Å²) in [5.41, 5.74) is 0.789. The number of nitrogens with zero attached hydrogens (tertiary/aromatic N) is 1. The van der Waals surface area contributed by atoms with Gasteiger partial charge in [-0.05, 0) is 30.5 Å². The van der Waals surface area contributed by atoms with Gasteiger partial charge < -0.3 is 5.11 Å². The number of hydrogen-bond donors (Lipinski definition) is 1. The Hall–Kier alpha value is -1.71. The van der Waals surface area contributed by atoms with E-state index in [1.165, 1.54) is 0 Å². The molecule has 1 unspecified atom stereocenters. The first kappa shape index (κ1) is 11.4. The lowest BCUT2D eigenvalue weighted by Crippen LogP contribution is -2.21. The van der Waals surface area contributed by atoms with Crippen LogP contribution in [0.5, 0.6) is 0 Å². The molecule has 2 heterocycles. The summed E-state index contributed by atoms with van der Waals surface area (Å²) >= 11 is 1.55. The molecular formula is C15H13NOS. The van der Waals surface area contributed by atoms with Gasteiger partial charge in [-0.25, -0.2) is 0 Å². The zero-order valence-corrected chi connectivity index (χ0v) is 10.8. The van der Waals surface area contributed by atoms with Crippen molar-refractivity contribution >= 4 is 22.2 Å². The first-order valence-corrected chi connectivity index (χ1v) is 6.67. The molecular weight excluding hydrogens is 242 g/mol. The summed E-state index contributed by atoms with van der Waals surface area (Å²) in [6.07, 6.45) is 1.75. The summed E-state index contributed by atoms with van der Waals surface area (Å²) in [7, 11) is 0. The van der Waals surface area contributed by atoms with Crippen molar-refractivity contribution in [2.75, 3.05) is 0 Å². The molecule has 0 amide bonds. The summed E-state index contributed by atoms with van der Waals surface area (Å²) in [6, 6.07) is 13.8. The first-order valence-electron chi connectivity index (χ1n) is 5.79. The third-order valence-electron chi connectivity index (χ3n) is 3.15. The molecule has 0 aliphatic rings. The minimum Gasteiger partial charge on any atom is -0.380 e. The fraction of sp³-hybridized carbons (Fsp3) is 0.133. The predicted octanol–water partition coefficient (Wildman–Crippen LogP) is 3.55. The normalized spacial score (nSPS) is 14.6. The van der Waals surface area contributed by atoms with Gasteiger partial charge in [-0.3, -0.25) is 4.98 Å². The van der Waals surface area contributed by atoms with E-state index in [-0.39, 0.29) is 0 Å². The SMILES string of the molecule is CC(O)(c1cnc2ccccc2c1)c1cccs1. The predicted molar refractivity (Wildman–Crippen MR) is 74.7 cm³/mol. The number of fused-ring (bicyclic) bond motifs is 1. The molecule has 2 aromatic heterocycles. The molecule has 1 aromatic carbocycles. The minimum atomic E-state index is -0.981. The maximum absolute atomic E-state index is 10.7. The van der Waals surface area contributed by atoms with Gasteiger partial charge in [0.05, 0.1) is 5.52 Å². The second-order valence-corrected chi connectivity index (χ2v) is 5.41. The van der Waals surface area contributed by atoms with Crippen LogP contribution < -0.4 is 0 Å². The summed E-state index contributed by atoms with van der Waals surface area (Å²) < 4.78 is 0. The lowest BCUT2D eigenvalue weighted by Gasteiger charge is -2.22. The summed E-state index contributed by atoms with van der Waals surface area (Å²) in [6.45, 7) is 1.81. The second kappa shape index (κ2) is 4.19. The van der Waals surface area contributed by atoms with Gasteiger partial charge in [0.2, 0.25) is 0 Å². The second-order valence-electron chi connectivity index (χ2n) is 4.47. The molecule has 18 heavy (non-hydrogen) atoms. The molecule has 0 aliphatic carbocycles. The first-order chi connectivity index (χ1) is 8.68. The summed E-state index contributed by atoms with van der Waals surface area (Å²) in [5, 5.41) is 13.7. The van der Waals surface area contributed by atoms with Crippen molar-refractivity contribution in [3.63, 3.8) is 0 Å². The number of hydrogen-bond acceptors (Lipinski definition) is 3. The maximum Gasteiger partial charge on any atom is 0.122 e. The zero-order valence-electron chi connectivity index (χ0n) is 10.00. The highest BCUT2D eigenvalue weighted by Gasteiger charge is 2.27. The molecule has 2 nitrogen and oxygen atoms in total. The Kier molecular flexibility index (Phi) is 2.65. The quantitative estimate of drug-likeness (QED) is 0.759. The van der Waals surface area contributed by atoms with E-state index in [9.17, 15) is 5.11 Å². The van der Waals surface area contributed by atoms with Crippen LogP contribution in [0.25, 0.3) is 10.9 Å². The van der Waals surface area contributed by atoms with Crippen molar-refractivity contribution in [2.45, 2.75) is 12.5 Å². The molecule has 0 bridgehead atoms. The Balaban J connectivity index is 2.14. The summed E-state index contributed by atoms with van der Waals surface area (Å²) in [5.74, 6) is 0. The van der Waals surface area contributed by atoms with Crippen LogP contribution in [0.4, 0.5) is 0 Å². The van der Waals surface area contributed by atoms with Crippen molar-refractivity contribution in [1.29, 1.82) is 0 Å². The van der Waals surface area contributed by atoms with Crippen LogP contribution in [0.15, 0.2) is 54.0 Å². The molecule has 1 atom stereocenters. The van der Waals surface area contributed by atoms with Crippen LogP contribution in [-0.2, 0) is 5.60 Å². The van der Waals surface area contributed by atoms with E-state index >= 15 is 0 Å². The number of benzene rings is 1. The molecule has 0 fully saturated rings. The number of aliphatic hydroxyl groups is 1. The fourth-order valence-corrected chi connectivity index (χ4v) is 2.84. The van der Waals surface area contributed by atoms with Gasteiger partial charge in [0, 0.05) is 22.0 Å². The van der Waals surface area contributed by atoms with E-state index in [1.54, 1.807) is 17.5 Å². The highest BCUT2D eigenvalue weighted by Crippen LogP contribution is 2.32. The fourth-order valence-electron chi connectivity index (χ4n) is 2.04. The molecule has 90 valence electrons. The van der Waals surface area contributed by atoms with Crippen molar-refractivity contribution in [1.82, 2.24) is 4.98 Å². The lowest BCUT2D eigenvalue weighted by atomic mass is 9.95. The van der Waals surface area contributed by atoms with E-state index in [4.69, 9.17) is 0 Å². The van der Waals surface area contributed by atoms with Crippen LogP contribution in [0.2, 0.25) is 0 Å². The Morgan fingerprint density at radius 3 is 2.78 bits per heavy atom. The van der Waals surface area contributed by atoms with Crippen molar-refractivity contribution < 1.29 is 5.11 Å². The van der Waals surface area contributed by atoms with Crippen LogP contribution >= 0.6 is 11.3 Å². The Morgan fingerprint density at radius 2 is 2.00 bits per heavy atom. The molecule has 0 saturated heterocycles. The Labute approximate surface area is 110 Å². The third kappa shape index (κ3) is 1.82. The largest absolute Gasteiger partial charge is 0.380 e. The van der Waals surface area contributed by atoms with Gasteiger partial charge >= 0.3 is 0 Å². The average molecular weight is 255 g/mol.